The van der Waals surface area contributed by atoms with E-state index < -0.39 is 11.7 Å². The number of halogens is 3. The number of piperidine rings is 1. The second kappa shape index (κ2) is 12.4. The number of nitrogens with zero attached hydrogens (tertiary/aromatic N) is 4. The molecule has 0 bridgehead atoms. The van der Waals surface area contributed by atoms with Crippen molar-refractivity contribution in [3.8, 4) is 11.1 Å². The van der Waals surface area contributed by atoms with Crippen LogP contribution >= 0.6 is 0 Å². The van der Waals surface area contributed by atoms with E-state index >= 15 is 0 Å². The van der Waals surface area contributed by atoms with Crippen molar-refractivity contribution < 1.29 is 22.7 Å². The van der Waals surface area contributed by atoms with E-state index in [9.17, 15) is 18.0 Å². The standard InChI is InChI=1S/C32H38F3N5O2/c1-22-28(30(41)37-12-15-42-3)8-9-29-31(22,2)21-40(38-29)20-24-10-13-39(14-11-24)19-23-4-6-25(7-5-23)26-16-27(18-36-17-26)32(33,34)35/h4-9,16-18,24H,10-15,19-21H2,1-3H3,(H,37,41). The number of carbonyl (C=O) groups excluding carboxylic acids is 1. The Morgan fingerprint density at radius 2 is 1.86 bits per heavy atom. The van der Waals surface area contributed by atoms with Gasteiger partial charge in [0.1, 0.15) is 0 Å². The maximum absolute atomic E-state index is 13.1. The van der Waals surface area contributed by atoms with Gasteiger partial charge in [0.2, 0.25) is 0 Å². The Hall–Kier alpha value is -3.50. The summed E-state index contributed by atoms with van der Waals surface area (Å²) in [4.78, 5) is 18.9. The number of fused-ring (bicyclic) bond motifs is 1. The number of rotatable bonds is 9. The molecule has 42 heavy (non-hydrogen) atoms. The highest BCUT2D eigenvalue weighted by molar-refractivity contribution is 6.09. The Morgan fingerprint density at radius 1 is 1.12 bits per heavy atom. The van der Waals surface area contributed by atoms with Crippen LogP contribution in [-0.4, -0.2) is 73.0 Å². The third kappa shape index (κ3) is 6.60. The summed E-state index contributed by atoms with van der Waals surface area (Å²) in [5, 5.41) is 10.0. The molecule has 224 valence electrons. The molecule has 1 fully saturated rings. The van der Waals surface area contributed by atoms with Crippen LogP contribution in [0.3, 0.4) is 0 Å². The number of likely N-dealkylation sites (tertiary alicyclic amines) is 1. The fourth-order valence-electron chi connectivity index (χ4n) is 6.01. The zero-order valence-electron chi connectivity index (χ0n) is 24.4. The molecule has 5 rings (SSSR count). The molecule has 0 saturated carbocycles. The minimum atomic E-state index is -4.41. The van der Waals surface area contributed by atoms with E-state index in [0.717, 1.165) is 80.2 Å². The highest BCUT2D eigenvalue weighted by atomic mass is 19.4. The monoisotopic (exact) mass is 581 g/mol. The average molecular weight is 582 g/mol. The molecular weight excluding hydrogens is 543 g/mol. The predicted molar refractivity (Wildman–Crippen MR) is 157 cm³/mol. The predicted octanol–water partition coefficient (Wildman–Crippen LogP) is 5.31. The van der Waals surface area contributed by atoms with Crippen molar-refractivity contribution in [3.63, 3.8) is 0 Å². The maximum Gasteiger partial charge on any atom is 0.417 e. The molecule has 1 amide bonds. The molecule has 1 aromatic heterocycles. The molecule has 1 aliphatic carbocycles. The fourth-order valence-corrected chi connectivity index (χ4v) is 6.01. The summed E-state index contributed by atoms with van der Waals surface area (Å²) in [6, 6.07) is 8.85. The first-order valence-electron chi connectivity index (χ1n) is 14.4. The quantitative estimate of drug-likeness (QED) is 0.407. The van der Waals surface area contributed by atoms with Crippen molar-refractivity contribution in [3.05, 3.63) is 77.2 Å². The minimum Gasteiger partial charge on any atom is -0.383 e. The van der Waals surface area contributed by atoms with Gasteiger partial charge in [0.05, 0.1) is 29.8 Å². The first kappa shape index (κ1) is 30.0. The topological polar surface area (TPSA) is 70.1 Å². The number of hydrogen-bond acceptors (Lipinski definition) is 6. The molecule has 0 radical (unpaired) electrons. The van der Waals surface area contributed by atoms with Crippen LogP contribution < -0.4 is 5.32 Å². The number of nitrogens with one attached hydrogen (secondary N) is 1. The number of hydrogen-bond donors (Lipinski definition) is 1. The van der Waals surface area contributed by atoms with Crippen molar-refractivity contribution >= 4 is 11.6 Å². The zero-order valence-corrected chi connectivity index (χ0v) is 24.4. The summed E-state index contributed by atoms with van der Waals surface area (Å²) >= 11 is 0. The third-order valence-corrected chi connectivity index (χ3v) is 8.72. The van der Waals surface area contributed by atoms with Crippen LogP contribution in [0.15, 0.2) is 71.1 Å². The van der Waals surface area contributed by atoms with E-state index in [1.165, 1.54) is 6.20 Å². The lowest BCUT2D eigenvalue weighted by molar-refractivity contribution is -0.137. The summed E-state index contributed by atoms with van der Waals surface area (Å²) in [5.41, 5.74) is 4.06. The molecule has 2 aliphatic heterocycles. The Morgan fingerprint density at radius 3 is 2.55 bits per heavy atom. The smallest absolute Gasteiger partial charge is 0.383 e. The van der Waals surface area contributed by atoms with Gasteiger partial charge in [-0.05, 0) is 80.6 Å². The second-order valence-electron chi connectivity index (χ2n) is 11.7. The molecule has 0 spiro atoms. The van der Waals surface area contributed by atoms with Gasteiger partial charge in [-0.15, -0.1) is 0 Å². The van der Waals surface area contributed by atoms with Crippen LogP contribution in [0.1, 0.15) is 37.8 Å². The molecule has 3 heterocycles. The Balaban J connectivity index is 1.12. The SMILES string of the molecule is COCCNC(=O)C1=C(C)C2(C)CN(CC3CCN(Cc4ccc(-c5cncc(C(F)(F)F)c5)cc4)CC3)N=C2C=C1. The number of amides is 1. The highest BCUT2D eigenvalue weighted by Gasteiger charge is 2.43. The van der Waals surface area contributed by atoms with E-state index in [1.54, 1.807) is 7.11 Å². The summed E-state index contributed by atoms with van der Waals surface area (Å²) < 4.78 is 44.2. The van der Waals surface area contributed by atoms with E-state index in [1.807, 2.05) is 43.3 Å². The second-order valence-corrected chi connectivity index (χ2v) is 11.7. The lowest BCUT2D eigenvalue weighted by atomic mass is 9.73. The number of hydrazone groups is 1. The van der Waals surface area contributed by atoms with Gasteiger partial charge in [-0.1, -0.05) is 24.3 Å². The fraction of sp³-hybridized carbons (Fsp3) is 0.469. The summed E-state index contributed by atoms with van der Waals surface area (Å²) in [6.45, 7) is 9.59. The van der Waals surface area contributed by atoms with Crippen LogP contribution in [0, 0.1) is 11.3 Å². The molecule has 1 aromatic carbocycles. The average Bonchev–Trinajstić information content (AvgIpc) is 3.31. The van der Waals surface area contributed by atoms with Crippen LogP contribution in [0.4, 0.5) is 13.2 Å². The van der Waals surface area contributed by atoms with E-state index in [-0.39, 0.29) is 11.3 Å². The van der Waals surface area contributed by atoms with Gasteiger partial charge in [-0.25, -0.2) is 0 Å². The van der Waals surface area contributed by atoms with Crippen molar-refractivity contribution in [2.45, 2.75) is 39.4 Å². The zero-order chi connectivity index (χ0) is 29.9. The van der Waals surface area contributed by atoms with Crippen molar-refractivity contribution in [2.75, 3.05) is 46.4 Å². The van der Waals surface area contributed by atoms with Crippen molar-refractivity contribution in [2.24, 2.45) is 16.4 Å². The molecule has 2 aromatic rings. The largest absolute Gasteiger partial charge is 0.417 e. The van der Waals surface area contributed by atoms with Gasteiger partial charge in [0.25, 0.3) is 5.91 Å². The Labute approximate surface area is 245 Å². The molecule has 10 heteroatoms. The van der Waals surface area contributed by atoms with Gasteiger partial charge in [0.15, 0.2) is 0 Å². The van der Waals surface area contributed by atoms with E-state index in [4.69, 9.17) is 9.84 Å². The summed E-state index contributed by atoms with van der Waals surface area (Å²) in [7, 11) is 1.61. The van der Waals surface area contributed by atoms with Gasteiger partial charge < -0.3 is 10.1 Å². The van der Waals surface area contributed by atoms with Crippen molar-refractivity contribution in [1.82, 2.24) is 20.2 Å². The number of methoxy groups -OCH3 is 1. The number of pyridine rings is 1. The van der Waals surface area contributed by atoms with E-state index in [2.05, 4.69) is 27.1 Å². The first-order chi connectivity index (χ1) is 20.1. The number of carbonyl (C=O) groups is 1. The number of aromatic nitrogens is 1. The van der Waals surface area contributed by atoms with Gasteiger partial charge >= 0.3 is 6.18 Å². The number of ether oxygens (including phenoxy) is 1. The van der Waals surface area contributed by atoms with Gasteiger partial charge in [-0.3, -0.25) is 19.7 Å². The minimum absolute atomic E-state index is 0.0748. The van der Waals surface area contributed by atoms with Crippen molar-refractivity contribution in [1.29, 1.82) is 0 Å². The molecule has 1 atom stereocenters. The molecule has 3 aliphatic rings. The Kier molecular flexibility index (Phi) is 8.84. The third-order valence-electron chi connectivity index (χ3n) is 8.72. The number of benzene rings is 1. The summed E-state index contributed by atoms with van der Waals surface area (Å²) in [5.74, 6) is 0.462. The van der Waals surface area contributed by atoms with Gasteiger partial charge in [0, 0.05) is 50.3 Å². The van der Waals surface area contributed by atoms with Crippen LogP contribution in [0.25, 0.3) is 11.1 Å². The molecule has 1 unspecified atom stereocenters. The molecular formula is C32H38F3N5O2. The van der Waals surface area contributed by atoms with Crippen LogP contribution in [0.2, 0.25) is 0 Å². The molecule has 1 N–H and O–H groups in total. The van der Waals surface area contributed by atoms with Crippen LogP contribution in [-0.2, 0) is 22.3 Å². The number of allylic oxidation sites excluding steroid dienone is 1. The van der Waals surface area contributed by atoms with E-state index in [0.29, 0.717) is 30.2 Å². The highest BCUT2D eigenvalue weighted by Crippen LogP contribution is 2.40. The Bertz CT molecular complexity index is 1380. The normalized spacial score (nSPS) is 21.5. The van der Waals surface area contributed by atoms with Crippen LogP contribution in [0.5, 0.6) is 0 Å². The lowest BCUT2D eigenvalue weighted by Crippen LogP contribution is -2.39. The number of alkyl halides is 3. The van der Waals surface area contributed by atoms with Gasteiger partial charge in [-0.2, -0.15) is 18.3 Å². The maximum atomic E-state index is 13.1. The molecule has 1 saturated heterocycles. The first-order valence-corrected chi connectivity index (χ1v) is 14.4. The lowest BCUT2D eigenvalue weighted by Gasteiger charge is -2.35. The molecule has 7 nitrogen and oxygen atoms in total. The summed E-state index contributed by atoms with van der Waals surface area (Å²) in [6.07, 6.45) is 3.91.